The van der Waals surface area contributed by atoms with Crippen LogP contribution < -0.4 is 10.2 Å². The third-order valence-electron chi connectivity index (χ3n) is 5.29. The normalized spacial score (nSPS) is 14.8. The van der Waals surface area contributed by atoms with Crippen molar-refractivity contribution in [1.82, 2.24) is 15.4 Å². The quantitative estimate of drug-likeness (QED) is 0.722. The lowest BCUT2D eigenvalue weighted by molar-refractivity contribution is 0.0956. The lowest BCUT2D eigenvalue weighted by Crippen LogP contribution is -2.44. The van der Waals surface area contributed by atoms with Crippen LogP contribution in [0.4, 0.5) is 5.69 Å². The molecular weight excluding hydrogens is 364 g/mol. The number of benzene rings is 2. The van der Waals surface area contributed by atoms with Crippen molar-refractivity contribution in [2.24, 2.45) is 0 Å². The van der Waals surface area contributed by atoms with Crippen LogP contribution in [0.2, 0.25) is 0 Å². The lowest BCUT2D eigenvalue weighted by atomic mass is 10.1. The highest BCUT2D eigenvalue weighted by molar-refractivity contribution is 5.95. The summed E-state index contributed by atoms with van der Waals surface area (Å²) in [5.74, 6) is 0.630. The van der Waals surface area contributed by atoms with Crippen molar-refractivity contribution in [2.75, 3.05) is 44.7 Å². The van der Waals surface area contributed by atoms with Gasteiger partial charge in [0, 0.05) is 61.2 Å². The number of rotatable bonds is 5. The first-order chi connectivity index (χ1) is 14.1. The number of likely N-dealkylation sites (N-methyl/N-ethyl adjacent to an activating group) is 1. The molecule has 1 aliphatic rings. The van der Waals surface area contributed by atoms with Gasteiger partial charge < -0.3 is 19.6 Å². The summed E-state index contributed by atoms with van der Waals surface area (Å²) in [5.41, 5.74) is 4.41. The molecule has 6 nitrogen and oxygen atoms in total. The Morgan fingerprint density at radius 1 is 1.03 bits per heavy atom. The van der Waals surface area contributed by atoms with Crippen LogP contribution in [0.15, 0.2) is 59.1 Å². The molecule has 1 N–H and O–H groups in total. The summed E-state index contributed by atoms with van der Waals surface area (Å²) in [5, 5.41) is 7.02. The van der Waals surface area contributed by atoms with Gasteiger partial charge in [-0.1, -0.05) is 17.3 Å². The van der Waals surface area contributed by atoms with Crippen LogP contribution >= 0.6 is 0 Å². The van der Waals surface area contributed by atoms with E-state index in [-0.39, 0.29) is 5.91 Å². The number of hydrogen-bond donors (Lipinski definition) is 1. The van der Waals surface area contributed by atoms with E-state index in [1.54, 1.807) is 6.07 Å². The fourth-order valence-corrected chi connectivity index (χ4v) is 3.53. The topological polar surface area (TPSA) is 61.6 Å². The molecule has 1 amide bonds. The smallest absolute Gasteiger partial charge is 0.251 e. The van der Waals surface area contributed by atoms with Gasteiger partial charge in [-0.2, -0.15) is 0 Å². The number of aromatic nitrogens is 1. The second-order valence-corrected chi connectivity index (χ2v) is 7.35. The van der Waals surface area contributed by atoms with Crippen molar-refractivity contribution in [3.63, 3.8) is 0 Å². The number of carbonyl (C=O) groups is 1. The first-order valence-corrected chi connectivity index (χ1v) is 10.0. The predicted molar refractivity (Wildman–Crippen MR) is 115 cm³/mol. The number of carbonyl (C=O) groups excluding carboxylic acids is 1. The molecule has 2 aromatic carbocycles. The molecule has 0 saturated carbocycles. The van der Waals surface area contributed by atoms with Crippen LogP contribution in [0, 0.1) is 0 Å². The third kappa shape index (κ3) is 4.32. The summed E-state index contributed by atoms with van der Waals surface area (Å²) in [6.45, 7) is 6.77. The molecule has 1 saturated heterocycles. The van der Waals surface area contributed by atoms with E-state index < -0.39 is 0 Å². The van der Waals surface area contributed by atoms with Crippen LogP contribution in [0.1, 0.15) is 17.3 Å². The van der Waals surface area contributed by atoms with Crippen LogP contribution in [0.3, 0.4) is 0 Å². The Kier molecular flexibility index (Phi) is 5.62. The fourth-order valence-electron chi connectivity index (χ4n) is 3.53. The van der Waals surface area contributed by atoms with E-state index >= 15 is 0 Å². The Morgan fingerprint density at radius 3 is 2.52 bits per heavy atom. The zero-order valence-corrected chi connectivity index (χ0v) is 16.9. The minimum absolute atomic E-state index is 0.0856. The van der Waals surface area contributed by atoms with Gasteiger partial charge in [-0.25, -0.2) is 0 Å². The molecule has 150 valence electrons. The molecule has 3 aromatic rings. The van der Waals surface area contributed by atoms with Gasteiger partial charge in [0.05, 0.1) is 0 Å². The van der Waals surface area contributed by atoms with Gasteiger partial charge in [-0.05, 0) is 50.4 Å². The second kappa shape index (κ2) is 8.49. The maximum absolute atomic E-state index is 12.1. The monoisotopic (exact) mass is 390 g/mol. The second-order valence-electron chi connectivity index (χ2n) is 7.35. The average molecular weight is 390 g/mol. The standard InChI is InChI=1S/C23H26N4O2/c1-3-24-23(28)19-6-4-5-18(15-19)21-16-22(29-25-21)17-7-9-20(10-8-17)27-13-11-26(2)12-14-27/h4-10,15-16H,3,11-14H2,1-2H3,(H,24,28). The highest BCUT2D eigenvalue weighted by atomic mass is 16.5. The SMILES string of the molecule is CCNC(=O)c1cccc(-c2cc(-c3ccc(N4CCN(C)CC4)cc3)on2)c1. The summed E-state index contributed by atoms with van der Waals surface area (Å²) >= 11 is 0. The number of nitrogens with zero attached hydrogens (tertiary/aromatic N) is 3. The maximum atomic E-state index is 12.1. The van der Waals surface area contributed by atoms with E-state index in [1.807, 2.05) is 31.2 Å². The molecule has 0 bridgehead atoms. The number of anilines is 1. The van der Waals surface area contributed by atoms with E-state index in [4.69, 9.17) is 4.52 Å². The van der Waals surface area contributed by atoms with Crippen LogP contribution in [0.5, 0.6) is 0 Å². The van der Waals surface area contributed by atoms with Gasteiger partial charge in [-0.15, -0.1) is 0 Å². The first kappa shape index (κ1) is 19.2. The van der Waals surface area contributed by atoms with Gasteiger partial charge in [0.15, 0.2) is 5.76 Å². The molecule has 1 fully saturated rings. The van der Waals surface area contributed by atoms with E-state index in [0.717, 1.165) is 37.3 Å². The molecule has 1 aliphatic heterocycles. The Morgan fingerprint density at radius 2 is 1.79 bits per heavy atom. The molecule has 0 spiro atoms. The molecule has 1 aromatic heterocycles. The molecule has 0 radical (unpaired) electrons. The number of amides is 1. The van der Waals surface area contributed by atoms with Crippen molar-refractivity contribution >= 4 is 11.6 Å². The van der Waals surface area contributed by atoms with E-state index in [0.29, 0.717) is 23.6 Å². The molecular formula is C23H26N4O2. The zero-order valence-electron chi connectivity index (χ0n) is 16.9. The summed E-state index contributed by atoms with van der Waals surface area (Å²) in [6.07, 6.45) is 0. The highest BCUT2D eigenvalue weighted by Gasteiger charge is 2.15. The van der Waals surface area contributed by atoms with E-state index in [1.165, 1.54) is 5.69 Å². The molecule has 29 heavy (non-hydrogen) atoms. The Labute approximate surface area is 171 Å². The summed E-state index contributed by atoms with van der Waals surface area (Å²) in [6, 6.07) is 17.8. The number of piperazine rings is 1. The van der Waals surface area contributed by atoms with E-state index in [2.05, 4.69) is 51.6 Å². The Balaban J connectivity index is 1.51. The van der Waals surface area contributed by atoms with Crippen molar-refractivity contribution in [1.29, 1.82) is 0 Å². The van der Waals surface area contributed by atoms with Crippen molar-refractivity contribution in [3.8, 4) is 22.6 Å². The molecule has 6 heteroatoms. The Bertz CT molecular complexity index is 973. The van der Waals surface area contributed by atoms with Gasteiger partial charge in [-0.3, -0.25) is 4.79 Å². The molecule has 0 aliphatic carbocycles. The van der Waals surface area contributed by atoms with Gasteiger partial charge in [0.2, 0.25) is 0 Å². The predicted octanol–water partition coefficient (Wildman–Crippen LogP) is 3.51. The zero-order chi connectivity index (χ0) is 20.2. The third-order valence-corrected chi connectivity index (χ3v) is 5.29. The van der Waals surface area contributed by atoms with Crippen molar-refractivity contribution < 1.29 is 9.32 Å². The summed E-state index contributed by atoms with van der Waals surface area (Å²) in [4.78, 5) is 16.8. The number of hydrogen-bond acceptors (Lipinski definition) is 5. The van der Waals surface area contributed by atoms with Gasteiger partial charge in [0.1, 0.15) is 5.69 Å². The lowest BCUT2D eigenvalue weighted by Gasteiger charge is -2.34. The minimum atomic E-state index is -0.0856. The maximum Gasteiger partial charge on any atom is 0.251 e. The van der Waals surface area contributed by atoms with Crippen LogP contribution in [-0.2, 0) is 0 Å². The van der Waals surface area contributed by atoms with Crippen LogP contribution in [0.25, 0.3) is 22.6 Å². The highest BCUT2D eigenvalue weighted by Crippen LogP contribution is 2.28. The average Bonchev–Trinajstić information content (AvgIpc) is 3.25. The number of nitrogens with one attached hydrogen (secondary N) is 1. The first-order valence-electron chi connectivity index (χ1n) is 10.0. The molecule has 0 unspecified atom stereocenters. The largest absolute Gasteiger partial charge is 0.369 e. The van der Waals surface area contributed by atoms with Gasteiger partial charge in [0.25, 0.3) is 5.91 Å². The van der Waals surface area contributed by atoms with Gasteiger partial charge >= 0.3 is 0 Å². The Hall–Kier alpha value is -3.12. The minimum Gasteiger partial charge on any atom is -0.369 e. The molecule has 2 heterocycles. The van der Waals surface area contributed by atoms with Crippen molar-refractivity contribution in [2.45, 2.75) is 6.92 Å². The molecule has 4 rings (SSSR count). The summed E-state index contributed by atoms with van der Waals surface area (Å²) in [7, 11) is 2.16. The molecule has 0 atom stereocenters. The summed E-state index contributed by atoms with van der Waals surface area (Å²) < 4.78 is 5.58. The van der Waals surface area contributed by atoms with Crippen molar-refractivity contribution in [3.05, 3.63) is 60.2 Å². The van der Waals surface area contributed by atoms with Crippen LogP contribution in [-0.4, -0.2) is 55.7 Å². The fraction of sp³-hybridized carbons (Fsp3) is 0.304. The van der Waals surface area contributed by atoms with E-state index in [9.17, 15) is 4.79 Å².